The van der Waals surface area contributed by atoms with E-state index in [2.05, 4.69) is 5.32 Å². The van der Waals surface area contributed by atoms with Gasteiger partial charge < -0.3 is 9.47 Å². The Hall–Kier alpha value is -1.55. The average molecular weight is 277 g/mol. The zero-order valence-electron chi connectivity index (χ0n) is 12.2. The molecule has 1 saturated carbocycles. The first-order chi connectivity index (χ1) is 9.76. The molecular formula is C16H23NO3. The van der Waals surface area contributed by atoms with Gasteiger partial charge in [0.2, 0.25) is 0 Å². The molecule has 0 saturated heterocycles. The van der Waals surface area contributed by atoms with Crippen molar-refractivity contribution in [3.63, 3.8) is 0 Å². The van der Waals surface area contributed by atoms with Gasteiger partial charge in [-0.05, 0) is 25.8 Å². The second-order valence-electron chi connectivity index (χ2n) is 5.08. The van der Waals surface area contributed by atoms with Gasteiger partial charge in [-0.15, -0.1) is 0 Å². The fourth-order valence-corrected chi connectivity index (χ4v) is 2.74. The van der Waals surface area contributed by atoms with Crippen LogP contribution in [-0.4, -0.2) is 25.7 Å². The fourth-order valence-electron chi connectivity index (χ4n) is 2.74. The minimum atomic E-state index is -0.450. The third-order valence-corrected chi connectivity index (χ3v) is 3.73. The second-order valence-corrected chi connectivity index (χ2v) is 5.08. The van der Waals surface area contributed by atoms with Gasteiger partial charge in [0.15, 0.2) is 0 Å². The number of hydrogen-bond donors (Lipinski definition) is 1. The summed E-state index contributed by atoms with van der Waals surface area (Å²) >= 11 is 0. The molecule has 20 heavy (non-hydrogen) atoms. The molecule has 0 spiro atoms. The highest BCUT2D eigenvalue weighted by Crippen LogP contribution is 2.28. The smallest absolute Gasteiger partial charge is 0.327 e. The van der Waals surface area contributed by atoms with Crippen LogP contribution in [0.2, 0.25) is 0 Å². The second kappa shape index (κ2) is 7.29. The Morgan fingerprint density at radius 1 is 1.35 bits per heavy atom. The van der Waals surface area contributed by atoms with E-state index in [0.29, 0.717) is 12.6 Å². The molecule has 0 heterocycles. The van der Waals surface area contributed by atoms with Crippen LogP contribution in [0.5, 0.6) is 5.75 Å². The maximum atomic E-state index is 12.3. The van der Waals surface area contributed by atoms with E-state index < -0.39 is 6.04 Å². The van der Waals surface area contributed by atoms with E-state index in [1.165, 1.54) is 12.8 Å². The fraction of sp³-hybridized carbons (Fsp3) is 0.562. The summed E-state index contributed by atoms with van der Waals surface area (Å²) in [6.45, 7) is 2.21. The molecule has 0 bridgehead atoms. The lowest BCUT2D eigenvalue weighted by atomic mass is 10.0. The Morgan fingerprint density at radius 3 is 2.70 bits per heavy atom. The van der Waals surface area contributed by atoms with E-state index in [4.69, 9.17) is 9.47 Å². The highest BCUT2D eigenvalue weighted by molar-refractivity contribution is 5.78. The maximum Gasteiger partial charge on any atom is 0.327 e. The average Bonchev–Trinajstić information content (AvgIpc) is 2.98. The molecule has 1 unspecified atom stereocenters. The zero-order chi connectivity index (χ0) is 14.4. The molecule has 1 aliphatic carbocycles. The highest BCUT2D eigenvalue weighted by atomic mass is 16.5. The number of benzene rings is 1. The summed E-state index contributed by atoms with van der Waals surface area (Å²) in [5.41, 5.74) is 0.848. The summed E-state index contributed by atoms with van der Waals surface area (Å²) in [5.74, 6) is 0.486. The number of nitrogens with one attached hydrogen (secondary N) is 1. The van der Waals surface area contributed by atoms with Crippen LogP contribution in [0.3, 0.4) is 0 Å². The molecule has 0 radical (unpaired) electrons. The quantitative estimate of drug-likeness (QED) is 0.812. The predicted molar refractivity (Wildman–Crippen MR) is 77.8 cm³/mol. The van der Waals surface area contributed by atoms with Crippen molar-refractivity contribution in [3.8, 4) is 5.75 Å². The van der Waals surface area contributed by atoms with Crippen molar-refractivity contribution in [2.24, 2.45) is 0 Å². The Labute approximate surface area is 120 Å². The van der Waals surface area contributed by atoms with E-state index in [0.717, 1.165) is 24.2 Å². The van der Waals surface area contributed by atoms with Crippen LogP contribution in [0.1, 0.15) is 44.2 Å². The molecule has 1 fully saturated rings. The zero-order valence-corrected chi connectivity index (χ0v) is 12.2. The minimum absolute atomic E-state index is 0.233. The number of para-hydroxylation sites is 1. The van der Waals surface area contributed by atoms with Crippen LogP contribution in [0, 0.1) is 0 Å². The van der Waals surface area contributed by atoms with Crippen LogP contribution < -0.4 is 10.1 Å². The van der Waals surface area contributed by atoms with Crippen molar-refractivity contribution in [3.05, 3.63) is 29.8 Å². The SMILES string of the molecule is CCOC(=O)C(NC1CCCC1)c1ccccc1OC. The number of carbonyl (C=O) groups excluding carboxylic acids is 1. The minimum Gasteiger partial charge on any atom is -0.496 e. The largest absolute Gasteiger partial charge is 0.496 e. The third kappa shape index (κ3) is 3.51. The van der Waals surface area contributed by atoms with Gasteiger partial charge in [-0.3, -0.25) is 5.32 Å². The van der Waals surface area contributed by atoms with E-state index in [-0.39, 0.29) is 5.97 Å². The molecule has 110 valence electrons. The van der Waals surface area contributed by atoms with E-state index >= 15 is 0 Å². The molecule has 1 aliphatic rings. The topological polar surface area (TPSA) is 47.6 Å². The molecule has 2 rings (SSSR count). The van der Waals surface area contributed by atoms with Crippen LogP contribution >= 0.6 is 0 Å². The van der Waals surface area contributed by atoms with Crippen LogP contribution in [-0.2, 0) is 9.53 Å². The van der Waals surface area contributed by atoms with Gasteiger partial charge in [0, 0.05) is 11.6 Å². The van der Waals surface area contributed by atoms with Gasteiger partial charge in [-0.1, -0.05) is 31.0 Å². The molecule has 4 nitrogen and oxygen atoms in total. The molecule has 0 amide bonds. The summed E-state index contributed by atoms with van der Waals surface area (Å²) in [5, 5.41) is 3.44. The molecule has 0 aromatic heterocycles. The first kappa shape index (κ1) is 14.9. The van der Waals surface area contributed by atoms with Gasteiger partial charge in [-0.2, -0.15) is 0 Å². The lowest BCUT2D eigenvalue weighted by Gasteiger charge is -2.23. The van der Waals surface area contributed by atoms with E-state index in [9.17, 15) is 4.79 Å². The summed E-state index contributed by atoms with van der Waals surface area (Å²) in [4.78, 5) is 12.3. The van der Waals surface area contributed by atoms with E-state index in [1.807, 2.05) is 31.2 Å². The maximum absolute atomic E-state index is 12.3. The van der Waals surface area contributed by atoms with Gasteiger partial charge in [-0.25, -0.2) is 4.79 Å². The van der Waals surface area contributed by atoms with Crippen molar-refractivity contribution in [1.29, 1.82) is 0 Å². The van der Waals surface area contributed by atoms with Crippen molar-refractivity contribution in [2.75, 3.05) is 13.7 Å². The molecule has 1 N–H and O–H groups in total. The number of methoxy groups -OCH3 is 1. The number of esters is 1. The molecule has 1 atom stereocenters. The predicted octanol–water partition coefficient (Wildman–Crippen LogP) is 2.83. The number of carbonyl (C=O) groups is 1. The summed E-state index contributed by atoms with van der Waals surface area (Å²) in [6.07, 6.45) is 4.67. The number of rotatable bonds is 6. The monoisotopic (exact) mass is 277 g/mol. The van der Waals surface area contributed by atoms with Crippen LogP contribution in [0.25, 0.3) is 0 Å². The Kier molecular flexibility index (Phi) is 5.41. The summed E-state index contributed by atoms with van der Waals surface area (Å²) < 4.78 is 10.6. The summed E-state index contributed by atoms with van der Waals surface area (Å²) in [6, 6.07) is 7.55. The molecule has 1 aromatic rings. The van der Waals surface area contributed by atoms with E-state index in [1.54, 1.807) is 7.11 Å². The first-order valence-electron chi connectivity index (χ1n) is 7.31. The Morgan fingerprint density at radius 2 is 2.05 bits per heavy atom. The van der Waals surface area contributed by atoms with Gasteiger partial charge in [0.1, 0.15) is 11.8 Å². The van der Waals surface area contributed by atoms with Gasteiger partial charge in [0.05, 0.1) is 13.7 Å². The van der Waals surface area contributed by atoms with Crippen molar-refractivity contribution in [1.82, 2.24) is 5.32 Å². The highest BCUT2D eigenvalue weighted by Gasteiger charge is 2.28. The Balaban J connectivity index is 2.22. The van der Waals surface area contributed by atoms with Crippen molar-refractivity contribution in [2.45, 2.75) is 44.7 Å². The third-order valence-electron chi connectivity index (χ3n) is 3.73. The lowest BCUT2D eigenvalue weighted by molar-refractivity contribution is -0.146. The number of hydrogen-bond acceptors (Lipinski definition) is 4. The van der Waals surface area contributed by atoms with Gasteiger partial charge >= 0.3 is 5.97 Å². The van der Waals surface area contributed by atoms with Crippen molar-refractivity contribution < 1.29 is 14.3 Å². The Bertz CT molecular complexity index is 441. The lowest BCUT2D eigenvalue weighted by Crippen LogP contribution is -2.36. The molecular weight excluding hydrogens is 254 g/mol. The van der Waals surface area contributed by atoms with Crippen LogP contribution in [0.15, 0.2) is 24.3 Å². The summed E-state index contributed by atoms with van der Waals surface area (Å²) in [7, 11) is 1.62. The van der Waals surface area contributed by atoms with Gasteiger partial charge in [0.25, 0.3) is 0 Å². The standard InChI is InChI=1S/C16H23NO3/c1-3-20-16(18)15(17-12-8-4-5-9-12)13-10-6-7-11-14(13)19-2/h6-7,10-12,15,17H,3-5,8-9H2,1-2H3. The van der Waals surface area contributed by atoms with Crippen LogP contribution in [0.4, 0.5) is 0 Å². The number of ether oxygens (including phenoxy) is 2. The van der Waals surface area contributed by atoms with Crippen molar-refractivity contribution >= 4 is 5.97 Å². The molecule has 1 aromatic carbocycles. The normalized spacial score (nSPS) is 16.9. The molecule has 4 heteroatoms. The first-order valence-corrected chi connectivity index (χ1v) is 7.31. The molecule has 0 aliphatic heterocycles.